The highest BCUT2D eigenvalue weighted by Gasteiger charge is 2.07. The second kappa shape index (κ2) is 3.25. The van der Waals surface area contributed by atoms with E-state index in [2.05, 4.69) is 0 Å². The maximum absolute atomic E-state index is 9.92. The van der Waals surface area contributed by atoms with Gasteiger partial charge in [0.1, 0.15) is 0 Å². The average molecular weight is 144 g/mol. The average Bonchev–Trinajstić information content (AvgIpc) is 1.59. The van der Waals surface area contributed by atoms with Crippen molar-refractivity contribution in [2.24, 2.45) is 0 Å². The summed E-state index contributed by atoms with van der Waals surface area (Å²) in [5, 5.41) is 8.14. The van der Waals surface area contributed by atoms with E-state index in [0.29, 0.717) is 0 Å². The third-order valence-electron chi connectivity index (χ3n) is 0.632. The summed E-state index contributed by atoms with van der Waals surface area (Å²) in [5.74, 6) is -0.996. The van der Waals surface area contributed by atoms with Crippen molar-refractivity contribution in [3.63, 3.8) is 0 Å². The fraction of sp³-hybridized carbons (Fsp3) is 0.571. The van der Waals surface area contributed by atoms with Crippen molar-refractivity contribution in [3.05, 3.63) is 12.3 Å². The molecule has 0 unspecified atom stereocenters. The zero-order valence-corrected chi connectivity index (χ0v) is 6.42. The Kier molecular flexibility index (Phi) is 2.93. The zero-order chi connectivity index (χ0) is 8.20. The highest BCUT2D eigenvalue weighted by Crippen LogP contribution is 2.06. The van der Waals surface area contributed by atoms with Gasteiger partial charge in [-0.2, -0.15) is 0 Å². The smallest absolute Gasteiger partial charge is 0.331 e. The van der Waals surface area contributed by atoms with Crippen LogP contribution in [0.15, 0.2) is 12.3 Å². The van der Waals surface area contributed by atoms with Crippen molar-refractivity contribution in [1.82, 2.24) is 0 Å². The number of hydrogen-bond donors (Lipinski definition) is 1. The molecule has 0 spiro atoms. The second-order valence-electron chi connectivity index (χ2n) is 2.87. The van der Waals surface area contributed by atoms with Gasteiger partial charge in [0.05, 0.1) is 17.9 Å². The van der Waals surface area contributed by atoms with Gasteiger partial charge in [-0.25, -0.2) is 4.79 Å². The molecular formula is C7H12O3. The Hall–Kier alpha value is -0.990. The molecule has 0 aromatic carbocycles. The largest absolute Gasteiger partial charge is 0.495 e. The second-order valence-corrected chi connectivity index (χ2v) is 2.87. The van der Waals surface area contributed by atoms with Crippen LogP contribution in [0.4, 0.5) is 0 Å². The van der Waals surface area contributed by atoms with E-state index in [4.69, 9.17) is 9.84 Å². The molecule has 0 radical (unpaired) electrons. The predicted molar refractivity (Wildman–Crippen MR) is 37.6 cm³/mol. The molecule has 0 bridgehead atoms. The quantitative estimate of drug-likeness (QED) is 0.470. The molecule has 1 N–H and O–H groups in total. The molecule has 3 nitrogen and oxygen atoms in total. The Morgan fingerprint density at radius 1 is 1.50 bits per heavy atom. The van der Waals surface area contributed by atoms with Crippen LogP contribution in [0.2, 0.25) is 0 Å². The molecule has 0 fully saturated rings. The molecule has 0 amide bonds. The van der Waals surface area contributed by atoms with E-state index in [1.54, 1.807) is 0 Å². The van der Waals surface area contributed by atoms with Crippen LogP contribution >= 0.6 is 0 Å². The minimum absolute atomic E-state index is 0.314. The Balaban J connectivity index is 3.64. The lowest BCUT2D eigenvalue weighted by molar-refractivity contribution is -0.131. The Labute approximate surface area is 60.3 Å². The van der Waals surface area contributed by atoms with Crippen LogP contribution < -0.4 is 0 Å². The summed E-state index contributed by atoms with van der Waals surface area (Å²) >= 11 is 0. The van der Waals surface area contributed by atoms with Crippen molar-refractivity contribution < 1.29 is 14.6 Å². The minimum atomic E-state index is -0.996. The molecule has 0 aliphatic carbocycles. The van der Waals surface area contributed by atoms with Gasteiger partial charge in [0, 0.05) is 0 Å². The first kappa shape index (κ1) is 9.01. The van der Waals surface area contributed by atoms with E-state index in [9.17, 15) is 4.79 Å². The van der Waals surface area contributed by atoms with Crippen molar-refractivity contribution >= 4 is 5.97 Å². The lowest BCUT2D eigenvalue weighted by atomic mass is 10.2. The van der Waals surface area contributed by atoms with Crippen LogP contribution in [-0.2, 0) is 9.53 Å². The molecule has 10 heavy (non-hydrogen) atoms. The van der Waals surface area contributed by atoms with Crippen LogP contribution in [0.3, 0.4) is 0 Å². The first-order valence-corrected chi connectivity index (χ1v) is 2.99. The normalized spacial score (nSPS) is 11.9. The summed E-state index contributed by atoms with van der Waals surface area (Å²) in [4.78, 5) is 9.92. The maximum atomic E-state index is 9.92. The molecule has 0 atom stereocenters. The Morgan fingerprint density at radius 2 is 2.00 bits per heavy atom. The summed E-state index contributed by atoms with van der Waals surface area (Å²) in [6, 6.07) is 0. The van der Waals surface area contributed by atoms with Crippen molar-refractivity contribution in [2.75, 3.05) is 0 Å². The van der Waals surface area contributed by atoms with E-state index in [1.807, 2.05) is 20.8 Å². The minimum Gasteiger partial charge on any atom is -0.495 e. The maximum Gasteiger partial charge on any atom is 0.331 e. The van der Waals surface area contributed by atoms with Crippen LogP contribution in [0.5, 0.6) is 0 Å². The number of ether oxygens (including phenoxy) is 1. The van der Waals surface area contributed by atoms with Crippen LogP contribution in [-0.4, -0.2) is 16.7 Å². The number of hydrogen-bond acceptors (Lipinski definition) is 2. The molecule has 0 aliphatic heterocycles. The first-order chi connectivity index (χ1) is 4.42. The first-order valence-electron chi connectivity index (χ1n) is 2.99. The van der Waals surface area contributed by atoms with Crippen molar-refractivity contribution in [3.8, 4) is 0 Å². The highest BCUT2D eigenvalue weighted by atomic mass is 16.5. The molecule has 0 aromatic heterocycles. The van der Waals surface area contributed by atoms with E-state index < -0.39 is 5.97 Å². The lowest BCUT2D eigenvalue weighted by Crippen LogP contribution is -2.15. The van der Waals surface area contributed by atoms with Gasteiger partial charge in [0.25, 0.3) is 0 Å². The van der Waals surface area contributed by atoms with Gasteiger partial charge in [0.15, 0.2) is 0 Å². The van der Waals surface area contributed by atoms with E-state index in [0.717, 1.165) is 6.08 Å². The number of rotatable bonds is 2. The SMILES string of the molecule is CC(C)(C)O/C=C/C(=O)O. The molecule has 3 heteroatoms. The van der Waals surface area contributed by atoms with E-state index in [-0.39, 0.29) is 5.60 Å². The zero-order valence-electron chi connectivity index (χ0n) is 6.42. The Bertz CT molecular complexity index is 141. The summed E-state index contributed by atoms with van der Waals surface area (Å²) in [5.41, 5.74) is -0.314. The molecule has 0 aliphatic rings. The Morgan fingerprint density at radius 3 is 2.30 bits per heavy atom. The van der Waals surface area contributed by atoms with Gasteiger partial charge >= 0.3 is 5.97 Å². The number of carboxylic acids is 1. The molecule has 0 saturated carbocycles. The topological polar surface area (TPSA) is 46.5 Å². The van der Waals surface area contributed by atoms with Gasteiger partial charge in [-0.1, -0.05) is 0 Å². The lowest BCUT2D eigenvalue weighted by Gasteiger charge is -2.16. The molecular weight excluding hydrogens is 132 g/mol. The fourth-order valence-electron chi connectivity index (χ4n) is 0.296. The molecule has 0 aromatic rings. The number of carboxylic acid groups (broad SMARTS) is 1. The van der Waals surface area contributed by atoms with Crippen LogP contribution in [0, 0.1) is 0 Å². The van der Waals surface area contributed by atoms with E-state index >= 15 is 0 Å². The van der Waals surface area contributed by atoms with Gasteiger partial charge < -0.3 is 9.84 Å². The highest BCUT2D eigenvalue weighted by molar-refractivity contribution is 5.79. The van der Waals surface area contributed by atoms with Gasteiger partial charge in [-0.3, -0.25) is 0 Å². The third-order valence-corrected chi connectivity index (χ3v) is 0.632. The van der Waals surface area contributed by atoms with Crippen molar-refractivity contribution in [1.29, 1.82) is 0 Å². The summed E-state index contributed by atoms with van der Waals surface area (Å²) < 4.78 is 4.98. The van der Waals surface area contributed by atoms with Crippen molar-refractivity contribution in [2.45, 2.75) is 26.4 Å². The summed E-state index contributed by atoms with van der Waals surface area (Å²) in [6.45, 7) is 5.54. The predicted octanol–water partition coefficient (Wildman–Crippen LogP) is 1.40. The van der Waals surface area contributed by atoms with E-state index in [1.165, 1.54) is 6.26 Å². The molecule has 0 heterocycles. The molecule has 0 saturated heterocycles. The fourth-order valence-corrected chi connectivity index (χ4v) is 0.296. The summed E-state index contributed by atoms with van der Waals surface area (Å²) in [6.07, 6.45) is 2.15. The van der Waals surface area contributed by atoms with Gasteiger partial charge in [-0.05, 0) is 20.8 Å². The van der Waals surface area contributed by atoms with Gasteiger partial charge in [-0.15, -0.1) is 0 Å². The molecule has 58 valence electrons. The number of carbonyl (C=O) groups is 1. The van der Waals surface area contributed by atoms with Gasteiger partial charge in [0.2, 0.25) is 0 Å². The number of aliphatic carboxylic acids is 1. The monoisotopic (exact) mass is 144 g/mol. The summed E-state index contributed by atoms with van der Waals surface area (Å²) in [7, 11) is 0. The standard InChI is InChI=1S/C7H12O3/c1-7(2,3)10-5-4-6(8)9/h4-5H,1-3H3,(H,8,9)/b5-4+. The van der Waals surface area contributed by atoms with Crippen LogP contribution in [0.1, 0.15) is 20.8 Å². The molecule has 0 rings (SSSR count). The third kappa shape index (κ3) is 7.01. The van der Waals surface area contributed by atoms with Crippen LogP contribution in [0.25, 0.3) is 0 Å².